The molecule has 0 unspecified atom stereocenters. The number of rotatable bonds is 5. The van der Waals surface area contributed by atoms with Gasteiger partial charge in [-0.15, -0.1) is 0 Å². The van der Waals surface area contributed by atoms with Crippen molar-refractivity contribution in [1.29, 1.82) is 0 Å². The van der Waals surface area contributed by atoms with E-state index in [4.69, 9.17) is 21.1 Å². The number of H-pyrrole nitrogens is 1. The minimum atomic E-state index is -0.850. The highest BCUT2D eigenvalue weighted by Gasteiger charge is 2.25. The molecule has 0 aliphatic heterocycles. The Morgan fingerprint density at radius 1 is 1.31 bits per heavy atom. The number of fused-ring (bicyclic) bond motifs is 1. The van der Waals surface area contributed by atoms with E-state index >= 15 is 0 Å². The van der Waals surface area contributed by atoms with Crippen LogP contribution in [0.3, 0.4) is 0 Å². The molecule has 0 saturated carbocycles. The second kappa shape index (κ2) is 7.61. The first kappa shape index (κ1) is 18.0. The molecular weight excluding hydrogens is 358 g/mol. The van der Waals surface area contributed by atoms with E-state index < -0.39 is 6.16 Å². The molecule has 0 fully saturated rings. The number of benzene rings is 1. The van der Waals surface area contributed by atoms with Crippen LogP contribution in [0.15, 0.2) is 35.4 Å². The van der Waals surface area contributed by atoms with E-state index in [1.165, 1.54) is 6.33 Å². The highest BCUT2D eigenvalue weighted by Crippen LogP contribution is 2.35. The first-order chi connectivity index (χ1) is 12.6. The Balaban J connectivity index is 2.37. The number of carbonyl (C=O) groups is 1. The van der Waals surface area contributed by atoms with Gasteiger partial charge in [0.2, 0.25) is 5.88 Å². The molecular formula is C18H18ClN3O4. The highest BCUT2D eigenvalue weighted by atomic mass is 35.5. The van der Waals surface area contributed by atoms with Crippen LogP contribution < -0.4 is 10.3 Å². The van der Waals surface area contributed by atoms with Gasteiger partial charge in [0.25, 0.3) is 5.56 Å². The summed E-state index contributed by atoms with van der Waals surface area (Å²) in [5.74, 6) is 0.192. The molecule has 2 aromatic heterocycles. The summed E-state index contributed by atoms with van der Waals surface area (Å²) in [6.07, 6.45) is 1.73. The Morgan fingerprint density at radius 3 is 2.77 bits per heavy atom. The van der Waals surface area contributed by atoms with E-state index in [-0.39, 0.29) is 18.0 Å². The van der Waals surface area contributed by atoms with Crippen LogP contribution in [-0.4, -0.2) is 27.3 Å². The monoisotopic (exact) mass is 375 g/mol. The standard InChI is InChI=1S/C18H18ClN3O4/c1-3-7-11-14-15(20-10-21-16(14)23)22(13-9-6-5-8-12(13)19)17(11)26-18(24)25-4-2/h5-6,8-10H,3-4,7H2,1-2H3,(H,20,21,23). The van der Waals surface area contributed by atoms with Crippen molar-refractivity contribution in [3.8, 4) is 11.6 Å². The van der Waals surface area contributed by atoms with Crippen molar-refractivity contribution in [3.63, 3.8) is 0 Å². The van der Waals surface area contributed by atoms with Gasteiger partial charge in [0.1, 0.15) is 0 Å². The molecule has 0 aliphatic rings. The van der Waals surface area contributed by atoms with Crippen LogP contribution in [0.25, 0.3) is 16.7 Å². The van der Waals surface area contributed by atoms with Gasteiger partial charge in [-0.25, -0.2) is 9.78 Å². The van der Waals surface area contributed by atoms with E-state index in [0.717, 1.165) is 6.42 Å². The summed E-state index contributed by atoms with van der Waals surface area (Å²) >= 11 is 6.35. The third-order valence-corrected chi connectivity index (χ3v) is 4.16. The number of nitrogens with one attached hydrogen (secondary N) is 1. The van der Waals surface area contributed by atoms with Crippen molar-refractivity contribution in [3.05, 3.63) is 51.5 Å². The smallest absolute Gasteiger partial charge is 0.434 e. The molecule has 2 heterocycles. The lowest BCUT2D eigenvalue weighted by atomic mass is 10.1. The lowest BCUT2D eigenvalue weighted by Gasteiger charge is -2.12. The van der Waals surface area contributed by atoms with E-state index in [2.05, 4.69) is 9.97 Å². The quantitative estimate of drug-likeness (QED) is 0.684. The number of para-hydroxylation sites is 1. The van der Waals surface area contributed by atoms with Gasteiger partial charge in [0.15, 0.2) is 5.65 Å². The molecule has 1 N–H and O–H groups in total. The summed E-state index contributed by atoms with van der Waals surface area (Å²) in [5.41, 5.74) is 1.20. The molecule has 26 heavy (non-hydrogen) atoms. The fourth-order valence-electron chi connectivity index (χ4n) is 2.84. The molecule has 0 aliphatic carbocycles. The summed E-state index contributed by atoms with van der Waals surface area (Å²) in [6, 6.07) is 7.06. The first-order valence-corrected chi connectivity index (χ1v) is 8.66. The van der Waals surface area contributed by atoms with Crippen LogP contribution in [0.5, 0.6) is 5.88 Å². The molecule has 3 aromatic rings. The summed E-state index contributed by atoms with van der Waals surface area (Å²) < 4.78 is 12.0. The van der Waals surface area contributed by atoms with Crippen LogP contribution in [-0.2, 0) is 11.2 Å². The number of carbonyl (C=O) groups excluding carboxylic acids is 1. The van der Waals surface area contributed by atoms with Crippen molar-refractivity contribution in [2.75, 3.05) is 6.61 Å². The maximum Gasteiger partial charge on any atom is 0.515 e. The fraction of sp³-hybridized carbons (Fsp3) is 0.278. The zero-order valence-corrected chi connectivity index (χ0v) is 15.2. The predicted molar refractivity (Wildman–Crippen MR) is 98.3 cm³/mol. The Bertz CT molecular complexity index is 1010. The number of ether oxygens (including phenoxy) is 2. The number of hydrogen-bond donors (Lipinski definition) is 1. The molecule has 1 aromatic carbocycles. The molecule has 0 spiro atoms. The van der Waals surface area contributed by atoms with Gasteiger partial charge < -0.3 is 14.5 Å². The van der Waals surface area contributed by atoms with Gasteiger partial charge in [-0.3, -0.25) is 9.36 Å². The van der Waals surface area contributed by atoms with E-state index in [1.807, 2.05) is 6.92 Å². The SMILES string of the molecule is CCCc1c(OC(=O)OCC)n(-c2ccccc2Cl)c2nc[nH]c(=O)c12. The Morgan fingerprint density at radius 2 is 2.08 bits per heavy atom. The van der Waals surface area contributed by atoms with Crippen molar-refractivity contribution < 1.29 is 14.3 Å². The van der Waals surface area contributed by atoms with E-state index in [0.29, 0.717) is 33.7 Å². The number of hydrogen-bond acceptors (Lipinski definition) is 5. The lowest BCUT2D eigenvalue weighted by Crippen LogP contribution is -2.14. The van der Waals surface area contributed by atoms with Gasteiger partial charge in [0.05, 0.1) is 29.0 Å². The van der Waals surface area contributed by atoms with Crippen molar-refractivity contribution in [2.45, 2.75) is 26.7 Å². The third kappa shape index (κ3) is 3.17. The van der Waals surface area contributed by atoms with Gasteiger partial charge >= 0.3 is 6.16 Å². The molecule has 0 amide bonds. The third-order valence-electron chi connectivity index (χ3n) is 3.84. The summed E-state index contributed by atoms with van der Waals surface area (Å²) in [5, 5.41) is 0.803. The van der Waals surface area contributed by atoms with Gasteiger partial charge in [-0.05, 0) is 25.5 Å². The molecule has 0 atom stereocenters. The molecule has 7 nitrogen and oxygen atoms in total. The first-order valence-electron chi connectivity index (χ1n) is 8.28. The summed E-state index contributed by atoms with van der Waals surface area (Å²) in [4.78, 5) is 31.3. The zero-order chi connectivity index (χ0) is 18.7. The fourth-order valence-corrected chi connectivity index (χ4v) is 3.06. The Kier molecular flexibility index (Phi) is 5.27. The molecule has 0 radical (unpaired) electrons. The molecule has 0 bridgehead atoms. The second-order valence-corrected chi connectivity index (χ2v) is 5.94. The number of halogens is 1. The molecule has 3 rings (SSSR count). The summed E-state index contributed by atoms with van der Waals surface area (Å²) in [6.45, 7) is 3.83. The van der Waals surface area contributed by atoms with Crippen molar-refractivity contribution in [1.82, 2.24) is 14.5 Å². The number of nitrogens with zero attached hydrogens (tertiary/aromatic N) is 2. The van der Waals surface area contributed by atoms with Crippen LogP contribution in [0, 0.1) is 0 Å². The average molecular weight is 376 g/mol. The van der Waals surface area contributed by atoms with E-state index in [1.54, 1.807) is 35.8 Å². The molecule has 0 saturated heterocycles. The normalized spacial score (nSPS) is 10.9. The highest BCUT2D eigenvalue weighted by molar-refractivity contribution is 6.32. The van der Waals surface area contributed by atoms with Crippen LogP contribution in [0.4, 0.5) is 4.79 Å². The maximum atomic E-state index is 12.5. The van der Waals surface area contributed by atoms with Crippen molar-refractivity contribution >= 4 is 28.8 Å². The minimum absolute atomic E-state index is 0.174. The van der Waals surface area contributed by atoms with Gasteiger partial charge in [0, 0.05) is 5.56 Å². The van der Waals surface area contributed by atoms with Crippen LogP contribution >= 0.6 is 11.6 Å². The maximum absolute atomic E-state index is 12.5. The van der Waals surface area contributed by atoms with Gasteiger partial charge in [-0.1, -0.05) is 37.1 Å². The van der Waals surface area contributed by atoms with Crippen LogP contribution in [0.2, 0.25) is 5.02 Å². The molecule has 8 heteroatoms. The lowest BCUT2D eigenvalue weighted by molar-refractivity contribution is 0.102. The van der Waals surface area contributed by atoms with Crippen molar-refractivity contribution in [2.24, 2.45) is 0 Å². The van der Waals surface area contributed by atoms with E-state index in [9.17, 15) is 9.59 Å². The topological polar surface area (TPSA) is 86.2 Å². The van der Waals surface area contributed by atoms with Crippen LogP contribution in [0.1, 0.15) is 25.8 Å². The minimum Gasteiger partial charge on any atom is -0.434 e. The summed E-state index contributed by atoms with van der Waals surface area (Å²) in [7, 11) is 0. The number of aryl methyl sites for hydroxylation is 1. The predicted octanol–water partition coefficient (Wildman–Crippen LogP) is 3.86. The van der Waals surface area contributed by atoms with Gasteiger partial charge in [-0.2, -0.15) is 0 Å². The second-order valence-electron chi connectivity index (χ2n) is 5.54. The average Bonchev–Trinajstić information content (AvgIpc) is 2.91. The number of aromatic amines is 1. The number of aromatic nitrogens is 3. The zero-order valence-electron chi connectivity index (χ0n) is 14.4. The molecule has 136 valence electrons. The Hall–Kier alpha value is -2.80. The largest absolute Gasteiger partial charge is 0.515 e. The Labute approximate surface area is 154 Å².